The van der Waals surface area contributed by atoms with Gasteiger partial charge in [-0.05, 0) is 18.1 Å². The second-order valence-electron chi connectivity index (χ2n) is 4.30. The predicted octanol–water partition coefficient (Wildman–Crippen LogP) is 2.69. The molecule has 0 amide bonds. The lowest BCUT2D eigenvalue weighted by atomic mass is 10.1. The Bertz CT molecular complexity index is 494. The van der Waals surface area contributed by atoms with Gasteiger partial charge in [-0.15, -0.1) is 0 Å². The van der Waals surface area contributed by atoms with Crippen molar-refractivity contribution in [2.24, 2.45) is 0 Å². The average molecular weight is 242 g/mol. The van der Waals surface area contributed by atoms with E-state index in [0.29, 0.717) is 5.88 Å². The lowest BCUT2D eigenvalue weighted by Gasteiger charge is -2.06. The molecule has 0 aliphatic rings. The molecule has 0 aliphatic carbocycles. The molecule has 0 aliphatic heterocycles. The van der Waals surface area contributed by atoms with Crippen LogP contribution in [0.15, 0.2) is 42.6 Å². The van der Waals surface area contributed by atoms with E-state index in [-0.39, 0.29) is 0 Å². The Balaban J connectivity index is 1.84. The van der Waals surface area contributed by atoms with E-state index < -0.39 is 0 Å². The van der Waals surface area contributed by atoms with Gasteiger partial charge in [0.05, 0.1) is 7.11 Å². The third kappa shape index (κ3) is 3.57. The SMILES string of the molecule is COc1ccc(CNCc2cccc(C)c2)cn1. The fourth-order valence-electron chi connectivity index (χ4n) is 1.81. The van der Waals surface area contributed by atoms with Crippen molar-refractivity contribution in [3.8, 4) is 5.88 Å². The maximum absolute atomic E-state index is 5.02. The summed E-state index contributed by atoms with van der Waals surface area (Å²) < 4.78 is 5.02. The normalized spacial score (nSPS) is 10.3. The number of aromatic nitrogens is 1. The zero-order valence-electron chi connectivity index (χ0n) is 10.8. The van der Waals surface area contributed by atoms with Gasteiger partial charge in [0.25, 0.3) is 0 Å². The van der Waals surface area contributed by atoms with Crippen LogP contribution >= 0.6 is 0 Å². The third-order valence-electron chi connectivity index (χ3n) is 2.75. The highest BCUT2D eigenvalue weighted by atomic mass is 16.5. The van der Waals surface area contributed by atoms with Crippen molar-refractivity contribution >= 4 is 0 Å². The molecule has 3 heteroatoms. The molecule has 0 fully saturated rings. The van der Waals surface area contributed by atoms with Crippen LogP contribution in [0.25, 0.3) is 0 Å². The molecule has 18 heavy (non-hydrogen) atoms. The first-order valence-electron chi connectivity index (χ1n) is 6.03. The van der Waals surface area contributed by atoms with Crippen LogP contribution in [-0.4, -0.2) is 12.1 Å². The van der Waals surface area contributed by atoms with E-state index >= 15 is 0 Å². The Kier molecular flexibility index (Phi) is 4.31. The minimum Gasteiger partial charge on any atom is -0.481 e. The summed E-state index contributed by atoms with van der Waals surface area (Å²) in [7, 11) is 1.62. The Labute approximate surface area is 108 Å². The van der Waals surface area contributed by atoms with Gasteiger partial charge in [-0.1, -0.05) is 35.9 Å². The molecule has 1 heterocycles. The van der Waals surface area contributed by atoms with Crippen LogP contribution in [0.3, 0.4) is 0 Å². The molecule has 3 nitrogen and oxygen atoms in total. The van der Waals surface area contributed by atoms with Crippen LogP contribution in [-0.2, 0) is 13.1 Å². The van der Waals surface area contributed by atoms with Crippen LogP contribution in [0.1, 0.15) is 16.7 Å². The van der Waals surface area contributed by atoms with Crippen LogP contribution in [0.2, 0.25) is 0 Å². The smallest absolute Gasteiger partial charge is 0.212 e. The Morgan fingerprint density at radius 3 is 2.61 bits per heavy atom. The minimum atomic E-state index is 0.650. The van der Waals surface area contributed by atoms with Crippen molar-refractivity contribution in [3.63, 3.8) is 0 Å². The molecule has 0 saturated heterocycles. The summed E-state index contributed by atoms with van der Waals surface area (Å²) in [5.41, 5.74) is 3.75. The summed E-state index contributed by atoms with van der Waals surface area (Å²) in [4.78, 5) is 4.17. The van der Waals surface area contributed by atoms with E-state index in [9.17, 15) is 0 Å². The summed E-state index contributed by atoms with van der Waals surface area (Å²) in [6.45, 7) is 3.79. The van der Waals surface area contributed by atoms with Crippen molar-refractivity contribution in [2.75, 3.05) is 7.11 Å². The second kappa shape index (κ2) is 6.17. The fraction of sp³-hybridized carbons (Fsp3) is 0.267. The van der Waals surface area contributed by atoms with Crippen molar-refractivity contribution < 1.29 is 4.74 Å². The number of aryl methyl sites for hydroxylation is 1. The molecule has 2 aromatic rings. The van der Waals surface area contributed by atoms with Gasteiger partial charge in [0, 0.05) is 25.4 Å². The zero-order valence-corrected chi connectivity index (χ0v) is 10.8. The number of methoxy groups -OCH3 is 1. The molecule has 0 unspecified atom stereocenters. The van der Waals surface area contributed by atoms with Gasteiger partial charge in [0.1, 0.15) is 0 Å². The molecule has 1 N–H and O–H groups in total. The van der Waals surface area contributed by atoms with Gasteiger partial charge in [-0.25, -0.2) is 4.98 Å². The molecule has 1 aromatic heterocycles. The Morgan fingerprint density at radius 2 is 1.94 bits per heavy atom. The van der Waals surface area contributed by atoms with E-state index in [1.165, 1.54) is 11.1 Å². The maximum atomic E-state index is 5.02. The first-order valence-corrected chi connectivity index (χ1v) is 6.03. The molecular formula is C15H18N2O. The van der Waals surface area contributed by atoms with Crippen molar-refractivity contribution in [1.29, 1.82) is 0 Å². The highest BCUT2D eigenvalue weighted by molar-refractivity contribution is 5.22. The second-order valence-corrected chi connectivity index (χ2v) is 4.30. The first kappa shape index (κ1) is 12.6. The van der Waals surface area contributed by atoms with E-state index in [2.05, 4.69) is 41.5 Å². The standard InChI is InChI=1S/C15H18N2O/c1-12-4-3-5-13(8-12)9-16-10-14-6-7-15(18-2)17-11-14/h3-8,11,16H,9-10H2,1-2H3. The number of pyridine rings is 1. The number of hydrogen-bond acceptors (Lipinski definition) is 3. The Morgan fingerprint density at radius 1 is 1.11 bits per heavy atom. The molecule has 94 valence electrons. The molecule has 2 rings (SSSR count). The molecular weight excluding hydrogens is 224 g/mol. The van der Waals surface area contributed by atoms with E-state index in [1.54, 1.807) is 7.11 Å². The van der Waals surface area contributed by atoms with Crippen LogP contribution in [0.4, 0.5) is 0 Å². The highest BCUT2D eigenvalue weighted by Gasteiger charge is 1.96. The summed E-state index contributed by atoms with van der Waals surface area (Å²) in [5.74, 6) is 0.650. The number of benzene rings is 1. The number of nitrogens with one attached hydrogen (secondary N) is 1. The summed E-state index contributed by atoms with van der Waals surface area (Å²) in [5, 5.41) is 3.40. The lowest BCUT2D eigenvalue weighted by Crippen LogP contribution is -2.12. The van der Waals surface area contributed by atoms with Crippen molar-refractivity contribution in [3.05, 3.63) is 59.3 Å². The highest BCUT2D eigenvalue weighted by Crippen LogP contribution is 2.07. The lowest BCUT2D eigenvalue weighted by molar-refractivity contribution is 0.397. The monoisotopic (exact) mass is 242 g/mol. The Hall–Kier alpha value is -1.87. The van der Waals surface area contributed by atoms with E-state index in [1.807, 2.05) is 18.3 Å². The average Bonchev–Trinajstić information content (AvgIpc) is 2.40. The molecule has 0 radical (unpaired) electrons. The summed E-state index contributed by atoms with van der Waals surface area (Å²) in [6.07, 6.45) is 1.84. The maximum Gasteiger partial charge on any atom is 0.212 e. The first-order chi connectivity index (χ1) is 8.78. The van der Waals surface area contributed by atoms with Crippen LogP contribution in [0.5, 0.6) is 5.88 Å². The summed E-state index contributed by atoms with van der Waals surface area (Å²) in [6, 6.07) is 12.4. The number of hydrogen-bond donors (Lipinski definition) is 1. The molecule has 0 saturated carbocycles. The van der Waals surface area contributed by atoms with Crippen LogP contribution < -0.4 is 10.1 Å². The topological polar surface area (TPSA) is 34.1 Å². The van der Waals surface area contributed by atoms with Gasteiger partial charge < -0.3 is 10.1 Å². The van der Waals surface area contributed by atoms with Gasteiger partial charge in [-0.3, -0.25) is 0 Å². The van der Waals surface area contributed by atoms with E-state index in [0.717, 1.165) is 18.7 Å². The molecule has 0 atom stereocenters. The van der Waals surface area contributed by atoms with Gasteiger partial charge in [0.15, 0.2) is 0 Å². The molecule has 1 aromatic carbocycles. The van der Waals surface area contributed by atoms with Crippen LogP contribution in [0, 0.1) is 6.92 Å². The predicted molar refractivity (Wildman–Crippen MR) is 72.5 cm³/mol. The molecule has 0 spiro atoms. The quantitative estimate of drug-likeness (QED) is 0.875. The van der Waals surface area contributed by atoms with Gasteiger partial charge in [-0.2, -0.15) is 0 Å². The van der Waals surface area contributed by atoms with Crippen molar-refractivity contribution in [2.45, 2.75) is 20.0 Å². The van der Waals surface area contributed by atoms with E-state index in [4.69, 9.17) is 4.74 Å². The van der Waals surface area contributed by atoms with Gasteiger partial charge >= 0.3 is 0 Å². The minimum absolute atomic E-state index is 0.650. The third-order valence-corrected chi connectivity index (χ3v) is 2.75. The molecule has 0 bridgehead atoms. The largest absolute Gasteiger partial charge is 0.481 e. The fourth-order valence-corrected chi connectivity index (χ4v) is 1.81. The number of rotatable bonds is 5. The van der Waals surface area contributed by atoms with Gasteiger partial charge in [0.2, 0.25) is 5.88 Å². The summed E-state index contributed by atoms with van der Waals surface area (Å²) >= 11 is 0. The number of nitrogens with zero attached hydrogens (tertiary/aromatic N) is 1. The zero-order chi connectivity index (χ0) is 12.8. The van der Waals surface area contributed by atoms with Crippen molar-refractivity contribution in [1.82, 2.24) is 10.3 Å². The number of ether oxygens (including phenoxy) is 1.